The number of nitrogens with one attached hydrogen (secondary N) is 1. The van der Waals surface area contributed by atoms with Crippen molar-refractivity contribution < 1.29 is 18.3 Å². The van der Waals surface area contributed by atoms with Crippen LogP contribution in [0.25, 0.3) is 0 Å². The highest BCUT2D eigenvalue weighted by Crippen LogP contribution is 2.26. The maximum absolute atomic E-state index is 12.5. The van der Waals surface area contributed by atoms with Gasteiger partial charge in [-0.1, -0.05) is 11.6 Å². The summed E-state index contributed by atoms with van der Waals surface area (Å²) >= 11 is 12.4. The van der Waals surface area contributed by atoms with Gasteiger partial charge in [0.25, 0.3) is 5.91 Å². The topological polar surface area (TPSA) is 77.2 Å². The van der Waals surface area contributed by atoms with Crippen molar-refractivity contribution in [1.29, 1.82) is 0 Å². The zero-order valence-corrected chi connectivity index (χ0v) is 14.8. The van der Waals surface area contributed by atoms with E-state index in [4.69, 9.17) is 17.3 Å². The average molecular weight is 474 g/mol. The predicted octanol–water partition coefficient (Wildman–Crippen LogP) is 4.34. The lowest BCUT2D eigenvalue weighted by Crippen LogP contribution is -2.16. The van der Waals surface area contributed by atoms with Crippen LogP contribution in [-0.2, 0) is 0 Å². The molecule has 1 aromatic heterocycles. The van der Waals surface area contributed by atoms with Crippen LogP contribution in [0.5, 0.6) is 5.75 Å². The van der Waals surface area contributed by atoms with Gasteiger partial charge in [0, 0.05) is 17.3 Å². The van der Waals surface area contributed by atoms with Crippen LogP contribution in [0.15, 0.2) is 30.3 Å². The molecule has 10 heteroatoms. The van der Waals surface area contributed by atoms with E-state index < -0.39 is 11.5 Å². The average Bonchev–Trinajstić information content (AvgIpc) is 2.43. The van der Waals surface area contributed by atoms with Gasteiger partial charge in [-0.15, -0.1) is 8.78 Å². The van der Waals surface area contributed by atoms with Crippen LogP contribution in [0.1, 0.15) is 10.4 Å². The molecule has 0 atom stereocenters. The maximum Gasteiger partial charge on any atom is 0.487 e. The number of nitrogens with two attached hydrogens (primary N) is 1. The van der Waals surface area contributed by atoms with Crippen LogP contribution in [0.3, 0.4) is 0 Å². The molecule has 0 aliphatic heterocycles. The van der Waals surface area contributed by atoms with E-state index >= 15 is 0 Å². The smallest absolute Gasteiger partial charge is 0.420 e. The van der Waals surface area contributed by atoms with Gasteiger partial charge < -0.3 is 15.8 Å². The third kappa shape index (κ3) is 5.05. The Labute approximate surface area is 153 Å². The molecule has 23 heavy (non-hydrogen) atoms. The third-order valence-corrected chi connectivity index (χ3v) is 4.06. The number of halogens is 5. The Kier molecular flexibility index (Phi) is 5.48. The molecule has 0 bridgehead atoms. The second-order valence-electron chi connectivity index (χ2n) is 4.22. The van der Waals surface area contributed by atoms with Gasteiger partial charge in [-0.25, -0.2) is 4.98 Å². The summed E-state index contributed by atoms with van der Waals surface area (Å²) in [5.74, 6) is -0.680. The number of hydrogen-bond donors (Lipinski definition) is 2. The summed E-state index contributed by atoms with van der Waals surface area (Å²) in [6.07, 6.45) is 0. The summed E-state index contributed by atoms with van der Waals surface area (Å²) in [6, 6.07) is 6.71. The number of ether oxygens (including phenoxy) is 1. The highest BCUT2D eigenvalue weighted by molar-refractivity contribution is 14.1. The number of alkyl halides is 3. The molecule has 1 heterocycles. The van der Waals surface area contributed by atoms with Gasteiger partial charge in [0.1, 0.15) is 16.7 Å². The van der Waals surface area contributed by atoms with E-state index in [1.165, 1.54) is 30.3 Å². The summed E-state index contributed by atoms with van der Waals surface area (Å²) in [7, 11) is 0. The first-order chi connectivity index (χ1) is 10.7. The molecule has 0 saturated heterocycles. The number of aromatic nitrogens is 1. The van der Waals surface area contributed by atoms with E-state index in [1.54, 1.807) is 0 Å². The van der Waals surface area contributed by atoms with E-state index in [-0.39, 0.29) is 22.3 Å². The highest BCUT2D eigenvalue weighted by Gasteiger charge is 2.27. The molecule has 3 N–H and O–H groups in total. The fourth-order valence-corrected chi connectivity index (χ4v) is 2.27. The van der Waals surface area contributed by atoms with Gasteiger partial charge in [0.05, 0.1) is 9.13 Å². The second kappa shape index (κ2) is 7.02. The van der Waals surface area contributed by atoms with Crippen molar-refractivity contribution in [3.8, 4) is 5.75 Å². The molecular formula is C13H8Cl2F2IN3O2. The number of nitrogen functional groups attached to an aromatic ring is 1. The number of carbonyl (C=O) groups is 1. The number of benzene rings is 1. The molecule has 0 saturated carbocycles. The third-order valence-electron chi connectivity index (χ3n) is 2.55. The molecule has 0 unspecified atom stereocenters. The minimum atomic E-state index is -3.80. The molecule has 0 fully saturated rings. The second-order valence-corrected chi connectivity index (χ2v) is 6.18. The molecule has 5 nitrogen and oxygen atoms in total. The Morgan fingerprint density at radius 3 is 2.52 bits per heavy atom. The van der Waals surface area contributed by atoms with Crippen LogP contribution >= 0.6 is 45.8 Å². The lowest BCUT2D eigenvalue weighted by molar-refractivity contribution is -0.0964. The van der Waals surface area contributed by atoms with Crippen LogP contribution in [0.4, 0.5) is 20.3 Å². The van der Waals surface area contributed by atoms with Gasteiger partial charge in [0.2, 0.25) is 0 Å². The minimum absolute atomic E-state index is 0.0188. The van der Waals surface area contributed by atoms with E-state index in [9.17, 15) is 13.6 Å². The van der Waals surface area contributed by atoms with E-state index in [2.05, 4.69) is 26.6 Å². The molecule has 1 aromatic carbocycles. The van der Waals surface area contributed by atoms with Crippen molar-refractivity contribution in [3.63, 3.8) is 0 Å². The summed E-state index contributed by atoms with van der Waals surface area (Å²) in [5, 5.41) is 2.75. The van der Waals surface area contributed by atoms with Crippen LogP contribution in [0, 0.1) is 3.57 Å². The summed E-state index contributed by atoms with van der Waals surface area (Å²) in [6.45, 7) is 0. The Morgan fingerprint density at radius 1 is 1.35 bits per heavy atom. The fourth-order valence-electron chi connectivity index (χ4n) is 1.60. The van der Waals surface area contributed by atoms with Crippen molar-refractivity contribution >= 4 is 63.2 Å². The lowest BCUT2D eigenvalue weighted by atomic mass is 10.2. The molecule has 1 amide bonds. The van der Waals surface area contributed by atoms with Crippen LogP contribution in [-0.4, -0.2) is 16.5 Å². The van der Waals surface area contributed by atoms with Gasteiger partial charge in [0.15, 0.2) is 0 Å². The molecular weight excluding hydrogens is 466 g/mol. The lowest BCUT2D eigenvalue weighted by Gasteiger charge is -2.11. The van der Waals surface area contributed by atoms with Gasteiger partial charge >= 0.3 is 5.57 Å². The van der Waals surface area contributed by atoms with E-state index in [0.717, 1.165) is 0 Å². The molecule has 2 rings (SSSR count). The number of pyridine rings is 1. The molecule has 0 aliphatic rings. The van der Waals surface area contributed by atoms with Crippen LogP contribution < -0.4 is 15.8 Å². The van der Waals surface area contributed by atoms with Gasteiger partial charge in [-0.2, -0.15) is 0 Å². The summed E-state index contributed by atoms with van der Waals surface area (Å²) in [5.41, 5.74) is 2.36. The molecule has 0 aliphatic carbocycles. The zero-order chi connectivity index (χ0) is 17.2. The van der Waals surface area contributed by atoms with Crippen molar-refractivity contribution in [2.45, 2.75) is 5.57 Å². The van der Waals surface area contributed by atoms with Crippen molar-refractivity contribution in [1.82, 2.24) is 4.98 Å². The largest absolute Gasteiger partial charge is 0.487 e. The first-order valence-electron chi connectivity index (χ1n) is 5.94. The standard InChI is InChI=1S/C13H8Cl2F2IN3O2/c14-10-9(18)5-8(11(19)21-10)12(22)20-6-1-3-7(4-2-6)23-13(15,16)17/h1-5H,(H2,19,21)(H,20,22). The molecule has 0 spiro atoms. The van der Waals surface area contributed by atoms with Crippen molar-refractivity contribution in [3.05, 3.63) is 44.6 Å². The number of rotatable bonds is 4. The highest BCUT2D eigenvalue weighted by atomic mass is 127. The maximum atomic E-state index is 12.5. The SMILES string of the molecule is Nc1nc(Cl)c(I)cc1C(=O)Nc1ccc(OC(F)(F)Cl)cc1. The number of carbonyl (C=O) groups excluding carboxylic acids is 1. The number of nitrogens with zero attached hydrogens (tertiary/aromatic N) is 1. The molecule has 2 aromatic rings. The van der Waals surface area contributed by atoms with Crippen molar-refractivity contribution in [2.24, 2.45) is 0 Å². The summed E-state index contributed by atoms with van der Waals surface area (Å²) in [4.78, 5) is 16.0. The van der Waals surface area contributed by atoms with Crippen molar-refractivity contribution in [2.75, 3.05) is 11.1 Å². The Bertz CT molecular complexity index is 739. The zero-order valence-electron chi connectivity index (χ0n) is 11.1. The quantitative estimate of drug-likeness (QED) is 0.393. The Hall–Kier alpha value is -1.39. The monoisotopic (exact) mass is 473 g/mol. The number of anilines is 2. The van der Waals surface area contributed by atoms with Gasteiger partial charge in [-0.3, -0.25) is 4.79 Å². The number of amides is 1. The minimum Gasteiger partial charge on any atom is -0.420 e. The van der Waals surface area contributed by atoms with Crippen LogP contribution in [0.2, 0.25) is 5.15 Å². The number of hydrogen-bond acceptors (Lipinski definition) is 4. The molecule has 0 radical (unpaired) electrons. The normalized spacial score (nSPS) is 11.2. The fraction of sp³-hybridized carbons (Fsp3) is 0.0769. The van der Waals surface area contributed by atoms with E-state index in [0.29, 0.717) is 9.26 Å². The summed E-state index contributed by atoms with van der Waals surface area (Å²) < 4.78 is 29.7. The van der Waals surface area contributed by atoms with Gasteiger partial charge in [-0.05, 0) is 52.9 Å². The Balaban J connectivity index is 2.13. The molecule has 122 valence electrons. The predicted molar refractivity (Wildman–Crippen MR) is 92.2 cm³/mol. The van der Waals surface area contributed by atoms with E-state index in [1.807, 2.05) is 22.6 Å². The first-order valence-corrected chi connectivity index (χ1v) is 7.78. The first kappa shape index (κ1) is 18.0. The Morgan fingerprint density at radius 2 is 1.96 bits per heavy atom.